The Balaban J connectivity index is 0.00000121. The molecule has 0 bridgehead atoms. The molecule has 1 aromatic carbocycles. The number of allylic oxidation sites excluding steroid dienone is 1. The molecule has 0 spiro atoms. The van der Waals surface area contributed by atoms with Crippen molar-refractivity contribution in [2.24, 2.45) is 11.8 Å². The van der Waals surface area contributed by atoms with E-state index in [-0.39, 0.29) is 51.4 Å². The molecule has 4 rings (SSSR count). The van der Waals surface area contributed by atoms with Crippen LogP contribution in [0.15, 0.2) is 35.7 Å². The second-order valence-electron chi connectivity index (χ2n) is 7.69. The Hall–Kier alpha value is -0.624. The average molecular weight is 562 g/mol. The van der Waals surface area contributed by atoms with E-state index in [9.17, 15) is 4.79 Å². The normalized spacial score (nSPS) is 31.7. The number of benzene rings is 1. The number of hydrogen-bond donors (Lipinski definition) is 0. The molecular formula is C22H31N2OOsS+2. The first-order valence-corrected chi connectivity index (χ1v) is 9.87. The molecular weight excluding hydrogens is 531 g/mol. The molecule has 1 N–H and O–H groups in total. The van der Waals surface area contributed by atoms with Crippen LogP contribution in [0.4, 0.5) is 0 Å². The number of thioether (sulfide) groups is 1. The molecule has 1 amide bonds. The van der Waals surface area contributed by atoms with Crippen LogP contribution in [0.2, 0.25) is 0 Å². The van der Waals surface area contributed by atoms with Crippen LogP contribution in [0.1, 0.15) is 38.2 Å². The second kappa shape index (κ2) is 9.73. The van der Waals surface area contributed by atoms with E-state index in [0.29, 0.717) is 18.4 Å². The first-order valence-electron chi connectivity index (χ1n) is 8.99. The summed E-state index contributed by atoms with van der Waals surface area (Å²) in [6, 6.07) is 10.5. The zero-order valence-electron chi connectivity index (χ0n) is 16.6. The van der Waals surface area contributed by atoms with Gasteiger partial charge in [0.15, 0.2) is 0 Å². The number of likely N-dealkylation sites (tertiary alicyclic amines) is 1. The summed E-state index contributed by atoms with van der Waals surface area (Å²) in [6.45, 7) is 3.82. The van der Waals surface area contributed by atoms with Gasteiger partial charge < -0.3 is 25.5 Å². The molecule has 4 unspecified atom stereocenters. The van der Waals surface area contributed by atoms with Crippen molar-refractivity contribution >= 4 is 23.2 Å². The van der Waals surface area contributed by atoms with Crippen molar-refractivity contribution in [2.75, 3.05) is 13.1 Å². The molecule has 1 saturated carbocycles. The maximum Gasteiger partial charge on any atom is 5.00 e. The third-order valence-electron chi connectivity index (χ3n) is 5.78. The largest absolute Gasteiger partial charge is 5.00 e. The maximum atomic E-state index is 12.8. The number of carbonyl (C=O) groups is 1. The van der Waals surface area contributed by atoms with Crippen molar-refractivity contribution in [1.29, 1.82) is 0 Å². The van der Waals surface area contributed by atoms with Gasteiger partial charge in [-0.25, -0.2) is 0 Å². The number of amides is 1. The predicted octanol–water partition coefficient (Wildman–Crippen LogP) is 5.50. The Morgan fingerprint density at radius 3 is 2.63 bits per heavy atom. The molecule has 1 radical (unpaired) electrons. The Labute approximate surface area is 182 Å². The number of nitrogens with one attached hydrogen (secondary N) is 1. The predicted molar refractivity (Wildman–Crippen MR) is 113 cm³/mol. The number of carbonyl (C=O) groups excluding carboxylic acids is 1. The van der Waals surface area contributed by atoms with E-state index in [4.69, 9.17) is 5.73 Å². The molecule has 1 aliphatic carbocycles. The van der Waals surface area contributed by atoms with Crippen molar-refractivity contribution in [1.82, 2.24) is 4.90 Å². The van der Waals surface area contributed by atoms with E-state index in [1.165, 1.54) is 11.1 Å². The summed E-state index contributed by atoms with van der Waals surface area (Å²) in [6.07, 6.45) is 4.01. The van der Waals surface area contributed by atoms with Gasteiger partial charge in [0.2, 0.25) is 5.91 Å². The molecule has 1 saturated heterocycles. The van der Waals surface area contributed by atoms with Gasteiger partial charge in [0.1, 0.15) is 0 Å². The smallest absolute Gasteiger partial charge is 0.673 e. The van der Waals surface area contributed by atoms with Crippen LogP contribution < -0.4 is 0 Å². The molecule has 2 aliphatic heterocycles. The van der Waals surface area contributed by atoms with Gasteiger partial charge in [-0.2, -0.15) is 0 Å². The van der Waals surface area contributed by atoms with Crippen molar-refractivity contribution in [2.45, 2.75) is 43.4 Å². The Bertz CT molecular complexity index is 666. The number of rotatable bonds is 3. The van der Waals surface area contributed by atoms with Gasteiger partial charge in [0, 0.05) is 23.8 Å². The average Bonchev–Trinajstić information content (AvgIpc) is 3.32. The number of nitrogens with zero attached hydrogens (tertiary/aromatic N) is 1. The van der Waals surface area contributed by atoms with Crippen molar-refractivity contribution < 1.29 is 24.6 Å². The van der Waals surface area contributed by atoms with Gasteiger partial charge in [-0.05, 0) is 48.6 Å². The fourth-order valence-electron chi connectivity index (χ4n) is 4.26. The van der Waals surface area contributed by atoms with Gasteiger partial charge in [-0.3, -0.25) is 4.79 Å². The molecule has 4 atom stereocenters. The van der Waals surface area contributed by atoms with E-state index in [1.54, 1.807) is 0 Å². The summed E-state index contributed by atoms with van der Waals surface area (Å²) in [5, 5.41) is 2.30. The van der Waals surface area contributed by atoms with Crippen LogP contribution in [0, 0.1) is 26.7 Å². The minimum atomic E-state index is -0.0808. The second-order valence-corrected chi connectivity index (χ2v) is 9.09. The number of piperidine rings is 1. The summed E-state index contributed by atoms with van der Waals surface area (Å²) in [5.41, 5.74) is 10.6. The van der Waals surface area contributed by atoms with E-state index in [0.717, 1.165) is 32.2 Å². The zero-order valence-corrected chi connectivity index (χ0v) is 19.9. The summed E-state index contributed by atoms with van der Waals surface area (Å²) in [7, 11) is 0. The Kier molecular flexibility index (Phi) is 8.79. The van der Waals surface area contributed by atoms with Crippen LogP contribution in [0.5, 0.6) is 0 Å². The first-order chi connectivity index (χ1) is 11.6. The molecule has 1 aromatic rings. The van der Waals surface area contributed by atoms with E-state index in [2.05, 4.69) is 42.7 Å². The molecule has 27 heavy (non-hydrogen) atoms. The molecule has 2 fully saturated rings. The van der Waals surface area contributed by atoms with Crippen LogP contribution in [0.25, 0.3) is 11.3 Å². The molecule has 0 aromatic heterocycles. The fraction of sp³-hybridized carbons (Fsp3) is 0.500. The van der Waals surface area contributed by atoms with Gasteiger partial charge in [-0.15, -0.1) is 17.8 Å². The minimum Gasteiger partial charge on any atom is -0.673 e. The summed E-state index contributed by atoms with van der Waals surface area (Å²) < 4.78 is 0.154. The molecule has 3 aliphatic rings. The third-order valence-corrected chi connectivity index (χ3v) is 7.17. The van der Waals surface area contributed by atoms with Crippen LogP contribution in [0.3, 0.4) is 0 Å². The van der Waals surface area contributed by atoms with Gasteiger partial charge in [0.25, 0.3) is 0 Å². The quantitative estimate of drug-likeness (QED) is 0.458. The Morgan fingerprint density at radius 1 is 1.26 bits per heavy atom. The van der Waals surface area contributed by atoms with Crippen LogP contribution in [-0.2, 0) is 24.6 Å². The maximum absolute atomic E-state index is 12.8. The summed E-state index contributed by atoms with van der Waals surface area (Å²) >= 11 is 1.92. The van der Waals surface area contributed by atoms with Crippen molar-refractivity contribution in [3.8, 4) is 0 Å². The third kappa shape index (κ3) is 5.05. The van der Waals surface area contributed by atoms with E-state index in [1.807, 2.05) is 16.7 Å². The molecule has 5 heteroatoms. The topological polar surface area (TPSA) is 44.1 Å². The molecule has 147 valence electrons. The van der Waals surface area contributed by atoms with Crippen molar-refractivity contribution in [3.63, 3.8) is 0 Å². The van der Waals surface area contributed by atoms with Gasteiger partial charge in [0.05, 0.1) is 0 Å². The van der Waals surface area contributed by atoms with Gasteiger partial charge >= 0.3 is 19.8 Å². The van der Waals surface area contributed by atoms with Gasteiger partial charge in [-0.1, -0.05) is 36.8 Å². The Morgan fingerprint density at radius 2 is 1.96 bits per heavy atom. The first kappa shape index (κ1) is 24.4. The SMILES string of the molecule is CC1(C2CC2C(=O)N2CCCC([NH-])C2)CC(c2ccccc2)=CS1.[CH3-].[CH3-].[Os+5]. The summed E-state index contributed by atoms with van der Waals surface area (Å²) in [4.78, 5) is 14.7. The minimum absolute atomic E-state index is 0. The monoisotopic (exact) mass is 563 g/mol. The van der Waals surface area contributed by atoms with E-state index < -0.39 is 0 Å². The molecule has 3 nitrogen and oxygen atoms in total. The van der Waals surface area contributed by atoms with Crippen LogP contribution >= 0.6 is 11.8 Å². The van der Waals surface area contributed by atoms with Crippen molar-refractivity contribution in [3.05, 3.63) is 61.9 Å². The van der Waals surface area contributed by atoms with Crippen LogP contribution in [-0.4, -0.2) is 34.7 Å². The standard InChI is InChI=1S/C20H25N2OS.2CH3.Os/c1-20(11-15(13-24-20)14-6-3-2-4-7-14)18-10-17(18)19(23)22-9-5-8-16(21)12-22;;;/h2-4,6-7,13,16-18,21H,5,8-12H2,1H3;2*1H3;/q3*-1;+5. The zero-order chi connectivity index (χ0) is 16.7. The number of hydrogen-bond acceptors (Lipinski definition) is 2. The van der Waals surface area contributed by atoms with E-state index >= 15 is 0 Å². The molecule has 2 heterocycles. The summed E-state index contributed by atoms with van der Waals surface area (Å²) in [5.74, 6) is 0.988. The fourth-order valence-corrected chi connectivity index (χ4v) is 5.57.